The zero-order valence-corrected chi connectivity index (χ0v) is 13.4. The molecule has 2 heterocycles. The van der Waals surface area contributed by atoms with Crippen LogP contribution < -0.4 is 4.74 Å². The number of carboxylic acids is 1. The Morgan fingerprint density at radius 3 is 2.46 bits per heavy atom. The van der Waals surface area contributed by atoms with Crippen LogP contribution in [0.5, 0.6) is 5.75 Å². The van der Waals surface area contributed by atoms with Gasteiger partial charge in [-0.2, -0.15) is 18.3 Å². The van der Waals surface area contributed by atoms with Gasteiger partial charge in [0.2, 0.25) is 0 Å². The van der Waals surface area contributed by atoms with Crippen LogP contribution in [0.1, 0.15) is 16.1 Å². The summed E-state index contributed by atoms with van der Waals surface area (Å²) in [6.45, 7) is 0. The van der Waals surface area contributed by atoms with E-state index in [2.05, 4.69) is 10.1 Å². The van der Waals surface area contributed by atoms with Crippen LogP contribution in [-0.2, 0) is 6.18 Å². The van der Waals surface area contributed by atoms with Crippen LogP contribution in [0.2, 0.25) is 0 Å². The molecular weight excluding hydrogens is 351 g/mol. The van der Waals surface area contributed by atoms with Crippen LogP contribution in [0.25, 0.3) is 17.1 Å². The lowest BCUT2D eigenvalue weighted by Crippen LogP contribution is -2.14. The van der Waals surface area contributed by atoms with Gasteiger partial charge in [0.1, 0.15) is 11.3 Å². The Kier molecular flexibility index (Phi) is 4.37. The quantitative estimate of drug-likeness (QED) is 0.765. The van der Waals surface area contributed by atoms with E-state index < -0.39 is 29.2 Å². The van der Waals surface area contributed by atoms with E-state index in [0.717, 1.165) is 16.8 Å². The average molecular weight is 363 g/mol. The van der Waals surface area contributed by atoms with Gasteiger partial charge in [-0.25, -0.2) is 14.5 Å². The van der Waals surface area contributed by atoms with E-state index in [1.807, 2.05) is 0 Å². The lowest BCUT2D eigenvalue weighted by atomic mass is 10.1. The predicted molar refractivity (Wildman–Crippen MR) is 85.3 cm³/mol. The van der Waals surface area contributed by atoms with Crippen LogP contribution in [0.4, 0.5) is 13.2 Å². The summed E-state index contributed by atoms with van der Waals surface area (Å²) >= 11 is 0. The number of methoxy groups -OCH3 is 1. The van der Waals surface area contributed by atoms with Crippen molar-refractivity contribution in [3.05, 3.63) is 59.9 Å². The van der Waals surface area contributed by atoms with E-state index in [4.69, 9.17) is 4.74 Å². The van der Waals surface area contributed by atoms with Gasteiger partial charge < -0.3 is 9.84 Å². The molecule has 1 N–H and O–H groups in total. The minimum absolute atomic E-state index is 0.161. The first-order valence-electron chi connectivity index (χ1n) is 7.31. The Morgan fingerprint density at radius 1 is 1.19 bits per heavy atom. The van der Waals surface area contributed by atoms with Crippen LogP contribution in [0.15, 0.2) is 48.7 Å². The maximum atomic E-state index is 13.3. The summed E-state index contributed by atoms with van der Waals surface area (Å²) in [4.78, 5) is 15.0. The van der Waals surface area contributed by atoms with Gasteiger partial charge in [0.15, 0.2) is 11.5 Å². The van der Waals surface area contributed by atoms with E-state index >= 15 is 0 Å². The molecule has 26 heavy (non-hydrogen) atoms. The topological polar surface area (TPSA) is 77.2 Å². The Balaban J connectivity index is 2.23. The van der Waals surface area contributed by atoms with Gasteiger partial charge in [0.05, 0.1) is 12.8 Å². The molecule has 9 heteroatoms. The number of ether oxygens (including phenoxy) is 1. The zero-order chi connectivity index (χ0) is 18.9. The fraction of sp³-hybridized carbons (Fsp3) is 0.118. The number of hydrogen-bond donors (Lipinski definition) is 1. The highest BCUT2D eigenvalue weighted by atomic mass is 19.4. The highest BCUT2D eigenvalue weighted by molar-refractivity contribution is 5.87. The minimum Gasteiger partial charge on any atom is -0.497 e. The van der Waals surface area contributed by atoms with Crippen LogP contribution in [0.3, 0.4) is 0 Å². The molecule has 0 unspecified atom stereocenters. The van der Waals surface area contributed by atoms with E-state index in [-0.39, 0.29) is 5.69 Å². The number of pyridine rings is 1. The number of carbonyl (C=O) groups is 1. The Hall–Kier alpha value is -3.36. The van der Waals surface area contributed by atoms with Crippen molar-refractivity contribution < 1.29 is 27.8 Å². The highest BCUT2D eigenvalue weighted by Crippen LogP contribution is 2.34. The number of nitrogens with zero attached hydrogens (tertiary/aromatic N) is 3. The van der Waals surface area contributed by atoms with Gasteiger partial charge in [-0.3, -0.25) is 0 Å². The fourth-order valence-corrected chi connectivity index (χ4v) is 2.40. The van der Waals surface area contributed by atoms with Gasteiger partial charge in [0, 0.05) is 11.8 Å². The molecule has 6 nitrogen and oxygen atoms in total. The van der Waals surface area contributed by atoms with Crippen molar-refractivity contribution in [3.8, 4) is 22.8 Å². The van der Waals surface area contributed by atoms with Crippen molar-refractivity contribution in [2.75, 3.05) is 7.11 Å². The Labute approximate surface area is 145 Å². The molecule has 0 saturated heterocycles. The second kappa shape index (κ2) is 6.51. The van der Waals surface area contributed by atoms with Gasteiger partial charge >= 0.3 is 12.1 Å². The Bertz CT molecular complexity index is 950. The molecule has 0 aliphatic rings. The van der Waals surface area contributed by atoms with Crippen molar-refractivity contribution in [1.82, 2.24) is 14.8 Å². The van der Waals surface area contributed by atoms with Crippen molar-refractivity contribution >= 4 is 5.97 Å². The summed E-state index contributed by atoms with van der Waals surface area (Å²) in [5.74, 6) is -1.31. The first kappa shape index (κ1) is 17.5. The van der Waals surface area contributed by atoms with Gasteiger partial charge in [-0.05, 0) is 42.5 Å². The van der Waals surface area contributed by atoms with Gasteiger partial charge in [-0.1, -0.05) is 0 Å². The second-order valence-corrected chi connectivity index (χ2v) is 5.23. The number of aromatic carboxylic acids is 1. The second-order valence-electron chi connectivity index (χ2n) is 5.23. The highest BCUT2D eigenvalue weighted by Gasteiger charge is 2.35. The molecule has 1 aromatic carbocycles. The predicted octanol–water partition coefficient (Wildman–Crippen LogP) is 3.66. The number of rotatable bonds is 4. The molecule has 0 fully saturated rings. The van der Waals surface area contributed by atoms with E-state index in [9.17, 15) is 23.1 Å². The standard InChI is InChI=1S/C17H12F3N3O3/c1-26-11-6-4-10(5-7-11)14-9-13(16(24)25)22-23(14)15-12(17(18,19)20)3-2-8-21-15/h2-9H,1H3,(H,24,25). The van der Waals surface area contributed by atoms with E-state index in [1.54, 1.807) is 24.3 Å². The smallest absolute Gasteiger partial charge is 0.420 e. The SMILES string of the molecule is COc1ccc(-c2cc(C(=O)O)nn2-c2ncccc2C(F)(F)F)cc1. The number of aromatic nitrogens is 3. The number of halogens is 3. The minimum atomic E-state index is -4.67. The molecule has 0 radical (unpaired) electrons. The van der Waals surface area contributed by atoms with Crippen LogP contribution >= 0.6 is 0 Å². The molecule has 0 spiro atoms. The first-order chi connectivity index (χ1) is 12.3. The molecule has 2 aromatic heterocycles. The van der Waals surface area contributed by atoms with Crippen molar-refractivity contribution in [2.24, 2.45) is 0 Å². The van der Waals surface area contributed by atoms with Gasteiger partial charge in [0.25, 0.3) is 0 Å². The van der Waals surface area contributed by atoms with Gasteiger partial charge in [-0.15, -0.1) is 0 Å². The number of benzene rings is 1. The zero-order valence-electron chi connectivity index (χ0n) is 13.4. The molecule has 0 aliphatic heterocycles. The number of alkyl halides is 3. The average Bonchev–Trinajstić information content (AvgIpc) is 3.06. The lowest BCUT2D eigenvalue weighted by Gasteiger charge is -2.13. The molecule has 0 bridgehead atoms. The molecule has 0 saturated carbocycles. The van der Waals surface area contributed by atoms with Crippen LogP contribution in [-0.4, -0.2) is 33.0 Å². The fourth-order valence-electron chi connectivity index (χ4n) is 2.40. The molecule has 3 rings (SSSR count). The Morgan fingerprint density at radius 2 is 1.88 bits per heavy atom. The molecule has 134 valence electrons. The summed E-state index contributed by atoms with van der Waals surface area (Å²) < 4.78 is 45.9. The van der Waals surface area contributed by atoms with E-state index in [0.29, 0.717) is 11.3 Å². The molecule has 3 aromatic rings. The number of hydrogen-bond acceptors (Lipinski definition) is 4. The molecule has 0 aliphatic carbocycles. The maximum Gasteiger partial charge on any atom is 0.420 e. The third kappa shape index (κ3) is 3.23. The third-order valence-electron chi connectivity index (χ3n) is 3.61. The summed E-state index contributed by atoms with van der Waals surface area (Å²) in [6, 6.07) is 9.61. The van der Waals surface area contributed by atoms with Crippen LogP contribution in [0, 0.1) is 0 Å². The molecule has 0 amide bonds. The van der Waals surface area contributed by atoms with Crippen molar-refractivity contribution in [2.45, 2.75) is 6.18 Å². The summed E-state index contributed by atoms with van der Waals surface area (Å²) in [5.41, 5.74) is -0.789. The monoisotopic (exact) mass is 363 g/mol. The summed E-state index contributed by atoms with van der Waals surface area (Å²) in [7, 11) is 1.48. The van der Waals surface area contributed by atoms with E-state index in [1.165, 1.54) is 19.4 Å². The maximum absolute atomic E-state index is 13.3. The summed E-state index contributed by atoms with van der Waals surface area (Å²) in [5, 5.41) is 13.0. The molecular formula is C17H12F3N3O3. The van der Waals surface area contributed by atoms with Crippen molar-refractivity contribution in [1.29, 1.82) is 0 Å². The third-order valence-corrected chi connectivity index (χ3v) is 3.61. The summed E-state index contributed by atoms with van der Waals surface area (Å²) in [6.07, 6.45) is -3.49. The lowest BCUT2D eigenvalue weighted by molar-refractivity contribution is -0.137. The normalized spacial score (nSPS) is 11.4. The first-order valence-corrected chi connectivity index (χ1v) is 7.31. The largest absolute Gasteiger partial charge is 0.497 e. The molecule has 0 atom stereocenters. The number of carboxylic acid groups (broad SMARTS) is 1. The van der Waals surface area contributed by atoms with Crippen molar-refractivity contribution in [3.63, 3.8) is 0 Å².